The Morgan fingerprint density at radius 1 is 1.03 bits per heavy atom. The molecule has 2 heterocycles. The molecule has 0 N–H and O–H groups in total. The van der Waals surface area contributed by atoms with Crippen molar-refractivity contribution < 1.29 is 4.79 Å². The highest BCUT2D eigenvalue weighted by molar-refractivity contribution is 5.79. The van der Waals surface area contributed by atoms with E-state index >= 15 is 0 Å². The average molecular weight is 403 g/mol. The second kappa shape index (κ2) is 9.35. The molecule has 3 rings (SSSR count). The molecule has 2 aliphatic heterocycles. The normalized spacial score (nSPS) is 25.2. The number of carbonyl (C=O) groups excluding carboxylic acids is 1. The van der Waals surface area contributed by atoms with Crippen molar-refractivity contribution in [1.82, 2.24) is 14.7 Å². The minimum atomic E-state index is -0.138. The minimum absolute atomic E-state index is 0.138. The van der Waals surface area contributed by atoms with Crippen LogP contribution in [0.3, 0.4) is 0 Å². The third kappa shape index (κ3) is 5.52. The maximum Gasteiger partial charge on any atom is 0.225 e. The summed E-state index contributed by atoms with van der Waals surface area (Å²) in [6.45, 7) is 11.5. The van der Waals surface area contributed by atoms with Gasteiger partial charge in [0.25, 0.3) is 0 Å². The number of nitrogens with zero attached hydrogens (tertiary/aromatic N) is 4. The van der Waals surface area contributed by atoms with E-state index in [9.17, 15) is 10.1 Å². The summed E-state index contributed by atoms with van der Waals surface area (Å²) in [6, 6.07) is 3.17. The van der Waals surface area contributed by atoms with Gasteiger partial charge in [0.2, 0.25) is 5.91 Å². The van der Waals surface area contributed by atoms with Gasteiger partial charge in [-0.15, -0.1) is 0 Å². The molecule has 0 unspecified atom stereocenters. The fourth-order valence-corrected chi connectivity index (χ4v) is 5.72. The van der Waals surface area contributed by atoms with E-state index in [0.717, 1.165) is 71.2 Å². The van der Waals surface area contributed by atoms with Crippen LogP contribution in [0.4, 0.5) is 0 Å². The topological polar surface area (TPSA) is 50.6 Å². The van der Waals surface area contributed by atoms with Gasteiger partial charge in [-0.25, -0.2) is 0 Å². The second-order valence-corrected chi connectivity index (χ2v) is 10.9. The van der Waals surface area contributed by atoms with Crippen LogP contribution in [-0.4, -0.2) is 72.0 Å². The molecule has 2 saturated heterocycles. The van der Waals surface area contributed by atoms with Crippen LogP contribution in [0.2, 0.25) is 0 Å². The molecule has 0 atom stereocenters. The van der Waals surface area contributed by atoms with Gasteiger partial charge in [-0.1, -0.05) is 19.3 Å². The van der Waals surface area contributed by atoms with Crippen LogP contribution in [-0.2, 0) is 4.79 Å². The van der Waals surface area contributed by atoms with Gasteiger partial charge in [0.1, 0.15) is 0 Å². The van der Waals surface area contributed by atoms with Crippen molar-refractivity contribution in [2.24, 2.45) is 11.3 Å². The number of amides is 1. The number of nitriles is 1. The monoisotopic (exact) mass is 402 g/mol. The van der Waals surface area contributed by atoms with Crippen LogP contribution in [0.15, 0.2) is 0 Å². The highest BCUT2D eigenvalue weighted by Gasteiger charge is 2.37. The Balaban J connectivity index is 1.45. The summed E-state index contributed by atoms with van der Waals surface area (Å²) in [5, 5.41) is 9.78. The van der Waals surface area contributed by atoms with Gasteiger partial charge in [-0.3, -0.25) is 9.69 Å². The van der Waals surface area contributed by atoms with E-state index in [0.29, 0.717) is 11.9 Å². The van der Waals surface area contributed by atoms with E-state index in [1.807, 2.05) is 0 Å². The van der Waals surface area contributed by atoms with Crippen LogP contribution in [0, 0.1) is 22.7 Å². The third-order valence-electron chi connectivity index (χ3n) is 7.79. The molecule has 29 heavy (non-hydrogen) atoms. The highest BCUT2D eigenvalue weighted by atomic mass is 16.2. The predicted octanol–water partition coefficient (Wildman–Crippen LogP) is 3.89. The van der Waals surface area contributed by atoms with Gasteiger partial charge in [0.05, 0.1) is 11.5 Å². The Kier molecular flexibility index (Phi) is 7.27. The molecule has 0 radical (unpaired) electrons. The molecule has 1 aliphatic carbocycles. The maximum absolute atomic E-state index is 13.1. The Bertz CT molecular complexity index is 583. The summed E-state index contributed by atoms with van der Waals surface area (Å²) in [6.07, 6.45) is 9.88. The zero-order valence-corrected chi connectivity index (χ0v) is 19.3. The second-order valence-electron chi connectivity index (χ2n) is 10.9. The lowest BCUT2D eigenvalue weighted by Gasteiger charge is -2.43. The van der Waals surface area contributed by atoms with Crippen LogP contribution < -0.4 is 0 Å². The smallest absolute Gasteiger partial charge is 0.225 e. The Morgan fingerprint density at radius 2 is 1.62 bits per heavy atom. The molecule has 3 fully saturated rings. The molecule has 0 spiro atoms. The summed E-state index contributed by atoms with van der Waals surface area (Å²) >= 11 is 0. The lowest BCUT2D eigenvalue weighted by Crippen LogP contribution is -2.52. The molecular formula is C24H42N4O. The molecule has 0 aromatic carbocycles. The first kappa shape index (κ1) is 22.6. The lowest BCUT2D eigenvalue weighted by atomic mass is 9.74. The van der Waals surface area contributed by atoms with E-state index in [4.69, 9.17) is 0 Å². The van der Waals surface area contributed by atoms with Crippen LogP contribution in [0.1, 0.15) is 78.6 Å². The molecular weight excluding hydrogens is 360 g/mol. The molecule has 3 aliphatic rings. The SMILES string of the molecule is CN(CC1(C#N)CCCCC1)C1CCN(C(=O)C2CCN(C(C)(C)C)CC2)CC1. The van der Waals surface area contributed by atoms with E-state index in [2.05, 4.69) is 48.6 Å². The first-order valence-electron chi connectivity index (χ1n) is 11.9. The van der Waals surface area contributed by atoms with E-state index in [1.165, 1.54) is 19.3 Å². The minimum Gasteiger partial charge on any atom is -0.342 e. The van der Waals surface area contributed by atoms with Crippen molar-refractivity contribution in [3.8, 4) is 6.07 Å². The van der Waals surface area contributed by atoms with Gasteiger partial charge in [0, 0.05) is 37.1 Å². The van der Waals surface area contributed by atoms with Crippen LogP contribution >= 0.6 is 0 Å². The van der Waals surface area contributed by atoms with Crippen molar-refractivity contribution in [3.63, 3.8) is 0 Å². The van der Waals surface area contributed by atoms with E-state index in [1.54, 1.807) is 0 Å². The molecule has 0 bridgehead atoms. The standard InChI is InChI=1S/C24H42N4O/c1-23(2,3)28-16-8-20(9-17-28)22(29)27-14-10-21(11-15-27)26(4)19-24(18-25)12-6-5-7-13-24/h20-21H,5-17,19H2,1-4H3. The summed E-state index contributed by atoms with van der Waals surface area (Å²) in [7, 11) is 2.19. The van der Waals surface area contributed by atoms with E-state index in [-0.39, 0.29) is 16.9 Å². The average Bonchev–Trinajstić information content (AvgIpc) is 2.73. The summed E-state index contributed by atoms with van der Waals surface area (Å²) < 4.78 is 0. The molecule has 0 aromatic rings. The van der Waals surface area contributed by atoms with Crippen molar-refractivity contribution in [2.45, 2.75) is 90.1 Å². The number of likely N-dealkylation sites (tertiary alicyclic amines) is 2. The van der Waals surface area contributed by atoms with Crippen molar-refractivity contribution >= 4 is 5.91 Å². The van der Waals surface area contributed by atoms with Crippen molar-refractivity contribution in [1.29, 1.82) is 5.26 Å². The largest absolute Gasteiger partial charge is 0.342 e. The maximum atomic E-state index is 13.1. The Morgan fingerprint density at radius 3 is 2.14 bits per heavy atom. The number of rotatable bonds is 4. The zero-order valence-electron chi connectivity index (χ0n) is 19.3. The summed E-state index contributed by atoms with van der Waals surface area (Å²) in [5.41, 5.74) is 0.0665. The summed E-state index contributed by atoms with van der Waals surface area (Å²) in [5.74, 6) is 0.604. The highest BCUT2D eigenvalue weighted by Crippen LogP contribution is 2.37. The lowest BCUT2D eigenvalue weighted by molar-refractivity contribution is -0.139. The number of hydrogen-bond acceptors (Lipinski definition) is 4. The van der Waals surface area contributed by atoms with Gasteiger partial charge in [0.15, 0.2) is 0 Å². The van der Waals surface area contributed by atoms with Crippen LogP contribution in [0.5, 0.6) is 0 Å². The molecule has 1 amide bonds. The fraction of sp³-hybridized carbons (Fsp3) is 0.917. The molecule has 5 heteroatoms. The Labute approximate surface area is 178 Å². The first-order valence-corrected chi connectivity index (χ1v) is 11.9. The number of carbonyl (C=O) groups is 1. The zero-order chi connectivity index (χ0) is 21.1. The van der Waals surface area contributed by atoms with Gasteiger partial charge in [-0.2, -0.15) is 5.26 Å². The summed E-state index contributed by atoms with van der Waals surface area (Å²) in [4.78, 5) is 20.1. The molecule has 1 saturated carbocycles. The van der Waals surface area contributed by atoms with Gasteiger partial charge < -0.3 is 9.80 Å². The van der Waals surface area contributed by atoms with E-state index < -0.39 is 0 Å². The van der Waals surface area contributed by atoms with Crippen LogP contribution in [0.25, 0.3) is 0 Å². The van der Waals surface area contributed by atoms with Gasteiger partial charge >= 0.3 is 0 Å². The first-order chi connectivity index (χ1) is 13.7. The quantitative estimate of drug-likeness (QED) is 0.716. The fourth-order valence-electron chi connectivity index (χ4n) is 5.72. The Hall–Kier alpha value is -1.12. The molecule has 5 nitrogen and oxygen atoms in total. The van der Waals surface area contributed by atoms with Gasteiger partial charge in [-0.05, 0) is 79.4 Å². The third-order valence-corrected chi connectivity index (χ3v) is 7.79. The number of piperidine rings is 2. The molecule has 164 valence electrons. The molecule has 0 aromatic heterocycles. The van der Waals surface area contributed by atoms with Crippen molar-refractivity contribution in [3.05, 3.63) is 0 Å². The predicted molar refractivity (Wildman–Crippen MR) is 117 cm³/mol. The van der Waals surface area contributed by atoms with Crippen molar-refractivity contribution in [2.75, 3.05) is 39.8 Å². The number of hydrogen-bond donors (Lipinski definition) is 0.